The number of rotatable bonds is 2. The van der Waals surface area contributed by atoms with E-state index in [1.165, 1.54) is 0 Å². The second kappa shape index (κ2) is 4.02. The first-order valence-electron chi connectivity index (χ1n) is 3.12. The molecule has 1 unspecified atom stereocenters. The van der Waals surface area contributed by atoms with Crippen molar-refractivity contribution in [1.29, 1.82) is 5.26 Å². The van der Waals surface area contributed by atoms with Crippen LogP contribution in [0.3, 0.4) is 0 Å². The van der Waals surface area contributed by atoms with Crippen LogP contribution in [-0.4, -0.2) is 5.11 Å². The van der Waals surface area contributed by atoms with Crippen LogP contribution >= 0.6 is 11.8 Å². The Morgan fingerprint density at radius 2 is 2.00 bits per heavy atom. The van der Waals surface area contributed by atoms with Gasteiger partial charge in [0.05, 0.1) is 0 Å². The molecule has 0 saturated carbocycles. The molecule has 1 aromatic rings. The molecule has 0 aromatic heterocycles. The zero-order valence-corrected chi connectivity index (χ0v) is 6.58. The summed E-state index contributed by atoms with van der Waals surface area (Å²) in [6, 6.07) is 9.10. The molecule has 0 spiro atoms. The standard InChI is InChI=1S/C8H7NOS/c9-6-11-8(10)7-4-2-1-3-5-7/h1-5,8,10H. The number of aliphatic hydroxyl groups excluding tert-OH is 1. The van der Waals surface area contributed by atoms with Crippen LogP contribution in [0.2, 0.25) is 0 Å². The zero-order valence-electron chi connectivity index (χ0n) is 5.77. The van der Waals surface area contributed by atoms with E-state index < -0.39 is 5.44 Å². The van der Waals surface area contributed by atoms with E-state index >= 15 is 0 Å². The van der Waals surface area contributed by atoms with Gasteiger partial charge in [0.2, 0.25) is 0 Å². The molecule has 0 radical (unpaired) electrons. The monoisotopic (exact) mass is 165 g/mol. The fraction of sp³-hybridized carbons (Fsp3) is 0.125. The molecule has 0 bridgehead atoms. The molecule has 1 atom stereocenters. The molecule has 2 nitrogen and oxygen atoms in total. The highest BCUT2D eigenvalue weighted by Crippen LogP contribution is 2.23. The summed E-state index contributed by atoms with van der Waals surface area (Å²) in [7, 11) is 0. The molecule has 0 heterocycles. The van der Waals surface area contributed by atoms with Crippen molar-refractivity contribution in [2.24, 2.45) is 0 Å². The fourth-order valence-electron chi connectivity index (χ4n) is 0.736. The van der Waals surface area contributed by atoms with Gasteiger partial charge >= 0.3 is 0 Å². The number of thiocyanates is 1. The molecular formula is C8H7NOS. The Kier molecular flexibility index (Phi) is 2.96. The second-order valence-corrected chi connectivity index (χ2v) is 2.84. The minimum absolute atomic E-state index is 0.721. The Morgan fingerprint density at radius 1 is 1.36 bits per heavy atom. The molecule has 1 rings (SSSR count). The van der Waals surface area contributed by atoms with Crippen molar-refractivity contribution in [2.75, 3.05) is 0 Å². The van der Waals surface area contributed by atoms with Gasteiger partial charge in [-0.05, 0) is 17.3 Å². The van der Waals surface area contributed by atoms with Crippen molar-refractivity contribution >= 4 is 11.8 Å². The molecule has 0 amide bonds. The lowest BCUT2D eigenvalue weighted by atomic mass is 10.2. The molecule has 11 heavy (non-hydrogen) atoms. The quantitative estimate of drug-likeness (QED) is 0.537. The summed E-state index contributed by atoms with van der Waals surface area (Å²) >= 11 is 0.845. The summed E-state index contributed by atoms with van der Waals surface area (Å²) in [4.78, 5) is 0. The van der Waals surface area contributed by atoms with Gasteiger partial charge in [-0.25, -0.2) is 0 Å². The maximum Gasteiger partial charge on any atom is 0.139 e. The van der Waals surface area contributed by atoms with Gasteiger partial charge in [0.25, 0.3) is 0 Å². The topological polar surface area (TPSA) is 44.0 Å². The Balaban J connectivity index is 2.70. The summed E-state index contributed by atoms with van der Waals surface area (Å²) in [6.07, 6.45) is 0. The third kappa shape index (κ3) is 2.26. The average molecular weight is 165 g/mol. The minimum atomic E-state index is -0.721. The van der Waals surface area contributed by atoms with E-state index in [1.54, 1.807) is 12.1 Å². The van der Waals surface area contributed by atoms with Crippen molar-refractivity contribution in [3.05, 3.63) is 35.9 Å². The molecule has 0 fully saturated rings. The van der Waals surface area contributed by atoms with E-state index in [2.05, 4.69) is 0 Å². The highest BCUT2D eigenvalue weighted by atomic mass is 32.2. The van der Waals surface area contributed by atoms with Crippen molar-refractivity contribution in [3.8, 4) is 5.40 Å². The van der Waals surface area contributed by atoms with Crippen LogP contribution in [0.25, 0.3) is 0 Å². The molecule has 1 N–H and O–H groups in total. The number of nitrogens with zero attached hydrogens (tertiary/aromatic N) is 1. The van der Waals surface area contributed by atoms with Gasteiger partial charge in [0.1, 0.15) is 10.8 Å². The number of hydrogen-bond acceptors (Lipinski definition) is 3. The summed E-state index contributed by atoms with van der Waals surface area (Å²) in [5.41, 5.74) is 0.0419. The summed E-state index contributed by atoms with van der Waals surface area (Å²) in [6.45, 7) is 0. The van der Waals surface area contributed by atoms with Crippen molar-refractivity contribution < 1.29 is 5.11 Å². The largest absolute Gasteiger partial charge is 0.377 e. The molecule has 0 saturated heterocycles. The van der Waals surface area contributed by atoms with Crippen LogP contribution in [0.1, 0.15) is 11.0 Å². The number of aliphatic hydroxyl groups is 1. The first-order chi connectivity index (χ1) is 5.34. The third-order valence-corrected chi connectivity index (χ3v) is 1.85. The van der Waals surface area contributed by atoms with E-state index in [-0.39, 0.29) is 0 Å². The van der Waals surface area contributed by atoms with Gasteiger partial charge in [-0.3, -0.25) is 0 Å². The first-order valence-corrected chi connectivity index (χ1v) is 4.00. The van der Waals surface area contributed by atoms with Crippen molar-refractivity contribution in [2.45, 2.75) is 5.44 Å². The Morgan fingerprint density at radius 3 is 2.55 bits per heavy atom. The maximum absolute atomic E-state index is 9.26. The number of hydrogen-bond donors (Lipinski definition) is 1. The normalized spacial score (nSPS) is 12.0. The van der Waals surface area contributed by atoms with Crippen molar-refractivity contribution in [3.63, 3.8) is 0 Å². The predicted molar refractivity (Wildman–Crippen MR) is 44.6 cm³/mol. The molecule has 0 aliphatic rings. The lowest BCUT2D eigenvalue weighted by Gasteiger charge is -2.03. The number of nitriles is 1. The zero-order chi connectivity index (χ0) is 8.10. The van der Waals surface area contributed by atoms with Crippen LogP contribution in [-0.2, 0) is 0 Å². The van der Waals surface area contributed by atoms with E-state index in [4.69, 9.17) is 5.26 Å². The van der Waals surface area contributed by atoms with Gasteiger partial charge in [0.15, 0.2) is 0 Å². The smallest absolute Gasteiger partial charge is 0.139 e. The van der Waals surface area contributed by atoms with Gasteiger partial charge in [0, 0.05) is 0 Å². The van der Waals surface area contributed by atoms with E-state index in [0.29, 0.717) is 0 Å². The van der Waals surface area contributed by atoms with Crippen LogP contribution in [0.15, 0.2) is 30.3 Å². The molecule has 1 aromatic carbocycles. The predicted octanol–water partition coefficient (Wildman–Crippen LogP) is 1.89. The maximum atomic E-state index is 9.26. The highest BCUT2D eigenvalue weighted by Gasteiger charge is 2.04. The van der Waals surface area contributed by atoms with Crippen molar-refractivity contribution in [1.82, 2.24) is 0 Å². The number of benzene rings is 1. The van der Waals surface area contributed by atoms with Gasteiger partial charge in [-0.2, -0.15) is 5.26 Å². The summed E-state index contributed by atoms with van der Waals surface area (Å²) in [5.74, 6) is 0. The highest BCUT2D eigenvalue weighted by molar-refractivity contribution is 8.03. The minimum Gasteiger partial charge on any atom is -0.377 e. The second-order valence-electron chi connectivity index (χ2n) is 1.97. The number of thioether (sulfide) groups is 1. The van der Waals surface area contributed by atoms with Gasteiger partial charge in [-0.15, -0.1) is 0 Å². The Hall–Kier alpha value is -0.980. The van der Waals surface area contributed by atoms with E-state index in [1.807, 2.05) is 23.6 Å². The van der Waals surface area contributed by atoms with E-state index in [0.717, 1.165) is 17.3 Å². The lowest BCUT2D eigenvalue weighted by molar-refractivity contribution is 0.271. The van der Waals surface area contributed by atoms with E-state index in [9.17, 15) is 5.11 Å². The average Bonchev–Trinajstić information content (AvgIpc) is 2.07. The van der Waals surface area contributed by atoms with Gasteiger partial charge < -0.3 is 5.11 Å². The fourth-order valence-corrected chi connectivity index (χ4v) is 1.13. The first kappa shape index (κ1) is 8.12. The van der Waals surface area contributed by atoms with Crippen LogP contribution in [0, 0.1) is 10.7 Å². The Bertz CT molecular complexity index is 255. The molecule has 56 valence electrons. The van der Waals surface area contributed by atoms with Crippen LogP contribution in [0.4, 0.5) is 0 Å². The SMILES string of the molecule is N#CSC(O)c1ccccc1. The summed E-state index contributed by atoms with van der Waals surface area (Å²) < 4.78 is 0. The van der Waals surface area contributed by atoms with Crippen LogP contribution in [0.5, 0.6) is 0 Å². The Labute approximate surface area is 69.5 Å². The molecular weight excluding hydrogens is 158 g/mol. The molecule has 0 aliphatic heterocycles. The summed E-state index contributed by atoms with van der Waals surface area (Å²) in [5, 5.41) is 19.3. The third-order valence-electron chi connectivity index (χ3n) is 1.25. The van der Waals surface area contributed by atoms with Crippen LogP contribution < -0.4 is 0 Å². The lowest BCUT2D eigenvalue weighted by Crippen LogP contribution is -1.88. The molecule has 3 heteroatoms. The molecule has 0 aliphatic carbocycles. The van der Waals surface area contributed by atoms with Gasteiger partial charge in [-0.1, -0.05) is 30.3 Å².